The van der Waals surface area contributed by atoms with E-state index in [1.807, 2.05) is 6.07 Å². The van der Waals surface area contributed by atoms with Gasteiger partial charge in [0.25, 0.3) is 0 Å². The molecule has 2 nitrogen and oxygen atoms in total. The highest BCUT2D eigenvalue weighted by atomic mass is 16.5. The second kappa shape index (κ2) is 6.70. The third-order valence-corrected chi connectivity index (χ3v) is 7.65. The number of benzene rings is 1. The van der Waals surface area contributed by atoms with Crippen LogP contribution in [-0.2, 0) is 6.42 Å². The highest BCUT2D eigenvalue weighted by Gasteiger charge is 2.53. The minimum Gasteiger partial charge on any atom is -0.497 e. The average Bonchev–Trinajstić information content (AvgIpc) is 2.60. The molecule has 1 aromatic rings. The van der Waals surface area contributed by atoms with Crippen molar-refractivity contribution in [3.63, 3.8) is 0 Å². The third kappa shape index (κ3) is 2.98. The second-order valence-corrected chi connectivity index (χ2v) is 8.73. The Morgan fingerprint density at radius 2 is 1.88 bits per heavy atom. The van der Waals surface area contributed by atoms with E-state index in [-0.39, 0.29) is 5.41 Å². The summed E-state index contributed by atoms with van der Waals surface area (Å²) in [5, 5.41) is 0. The number of allylic oxidation sites excluding steroid dienone is 2. The Balaban J connectivity index is 2.01. The fourth-order valence-electron chi connectivity index (χ4n) is 5.64. The maximum atomic E-state index is 5.68. The predicted molar refractivity (Wildman–Crippen MR) is 104 cm³/mol. The van der Waals surface area contributed by atoms with Crippen molar-refractivity contribution in [2.75, 3.05) is 14.2 Å². The summed E-state index contributed by atoms with van der Waals surface area (Å²) < 4.78 is 11.2. The van der Waals surface area contributed by atoms with Gasteiger partial charge in [-0.3, -0.25) is 0 Å². The van der Waals surface area contributed by atoms with Crippen molar-refractivity contribution in [2.24, 2.45) is 22.7 Å². The van der Waals surface area contributed by atoms with Crippen LogP contribution in [0.25, 0.3) is 0 Å². The summed E-state index contributed by atoms with van der Waals surface area (Å²) in [6.07, 6.45) is 8.71. The molecule has 1 saturated carbocycles. The lowest BCUT2D eigenvalue weighted by molar-refractivity contribution is -0.0412. The molecule has 25 heavy (non-hydrogen) atoms. The van der Waals surface area contributed by atoms with Crippen LogP contribution in [0.4, 0.5) is 0 Å². The molecule has 3 rings (SSSR count). The van der Waals surface area contributed by atoms with E-state index in [0.29, 0.717) is 11.3 Å². The summed E-state index contributed by atoms with van der Waals surface area (Å²) in [6.45, 7) is 9.85. The van der Waals surface area contributed by atoms with E-state index in [1.165, 1.54) is 31.2 Å². The topological polar surface area (TPSA) is 18.5 Å². The first-order valence-electron chi connectivity index (χ1n) is 9.73. The van der Waals surface area contributed by atoms with E-state index in [1.54, 1.807) is 19.8 Å². The number of ether oxygens (including phenoxy) is 2. The summed E-state index contributed by atoms with van der Waals surface area (Å²) in [6, 6.07) is 6.22. The third-order valence-electron chi connectivity index (χ3n) is 7.65. The SMILES string of the molecule is COc1ccc(OC)c(CC2(C)C(C)CCC3(C)C(C)=CCCC32)c1. The van der Waals surface area contributed by atoms with Crippen molar-refractivity contribution in [3.05, 3.63) is 35.4 Å². The molecule has 0 spiro atoms. The van der Waals surface area contributed by atoms with Crippen molar-refractivity contribution in [3.8, 4) is 11.5 Å². The molecule has 0 radical (unpaired) electrons. The van der Waals surface area contributed by atoms with Crippen molar-refractivity contribution in [1.82, 2.24) is 0 Å². The van der Waals surface area contributed by atoms with Gasteiger partial charge >= 0.3 is 0 Å². The van der Waals surface area contributed by atoms with Crippen LogP contribution in [0.5, 0.6) is 11.5 Å². The Morgan fingerprint density at radius 1 is 1.12 bits per heavy atom. The van der Waals surface area contributed by atoms with Gasteiger partial charge in [0.1, 0.15) is 11.5 Å². The molecule has 4 unspecified atom stereocenters. The number of hydrogen-bond donors (Lipinski definition) is 0. The number of rotatable bonds is 4. The number of hydrogen-bond acceptors (Lipinski definition) is 2. The molecule has 0 bridgehead atoms. The molecule has 0 heterocycles. The van der Waals surface area contributed by atoms with E-state index in [4.69, 9.17) is 9.47 Å². The van der Waals surface area contributed by atoms with Crippen molar-refractivity contribution >= 4 is 0 Å². The van der Waals surface area contributed by atoms with Gasteiger partial charge in [0, 0.05) is 0 Å². The van der Waals surface area contributed by atoms with Gasteiger partial charge in [0.05, 0.1) is 14.2 Å². The zero-order valence-electron chi connectivity index (χ0n) is 16.8. The van der Waals surface area contributed by atoms with Gasteiger partial charge in [-0.2, -0.15) is 0 Å². The molecule has 1 aromatic carbocycles. The second-order valence-electron chi connectivity index (χ2n) is 8.73. The first kappa shape index (κ1) is 18.4. The zero-order valence-corrected chi connectivity index (χ0v) is 16.8. The minimum atomic E-state index is 0.280. The molecule has 4 atom stereocenters. The van der Waals surface area contributed by atoms with E-state index in [9.17, 15) is 0 Å². The Hall–Kier alpha value is -1.44. The molecule has 2 aliphatic rings. The first-order chi connectivity index (χ1) is 11.8. The fourth-order valence-corrected chi connectivity index (χ4v) is 5.64. The predicted octanol–water partition coefficient (Wildman–Crippen LogP) is 6.05. The van der Waals surface area contributed by atoms with Crippen LogP contribution in [0.15, 0.2) is 29.8 Å². The van der Waals surface area contributed by atoms with Crippen LogP contribution in [0, 0.1) is 22.7 Å². The highest BCUT2D eigenvalue weighted by Crippen LogP contribution is 2.61. The average molecular weight is 343 g/mol. The molecule has 2 aliphatic carbocycles. The zero-order chi connectivity index (χ0) is 18.2. The standard InChI is InChI=1S/C23H34O2/c1-16-8-7-9-21-22(16,3)13-12-17(2)23(21,4)15-18-14-19(24-5)10-11-20(18)25-6/h8,10-11,14,17,21H,7,9,12-13,15H2,1-6H3. The summed E-state index contributed by atoms with van der Waals surface area (Å²) in [5.74, 6) is 3.35. The Morgan fingerprint density at radius 3 is 2.56 bits per heavy atom. The summed E-state index contributed by atoms with van der Waals surface area (Å²) in [4.78, 5) is 0. The van der Waals surface area contributed by atoms with Gasteiger partial charge in [-0.1, -0.05) is 32.4 Å². The first-order valence-corrected chi connectivity index (χ1v) is 9.73. The molecule has 0 N–H and O–H groups in total. The molecule has 0 aliphatic heterocycles. The molecule has 0 amide bonds. The smallest absolute Gasteiger partial charge is 0.122 e. The Kier molecular flexibility index (Phi) is 4.92. The Bertz CT molecular complexity index is 662. The van der Waals surface area contributed by atoms with Crippen LogP contribution in [0.2, 0.25) is 0 Å². The van der Waals surface area contributed by atoms with Gasteiger partial charge in [-0.25, -0.2) is 0 Å². The van der Waals surface area contributed by atoms with Crippen LogP contribution in [-0.4, -0.2) is 14.2 Å². The lowest BCUT2D eigenvalue weighted by Gasteiger charge is -2.58. The largest absolute Gasteiger partial charge is 0.497 e. The maximum absolute atomic E-state index is 5.68. The van der Waals surface area contributed by atoms with Gasteiger partial charge in [-0.05, 0) is 85.5 Å². The maximum Gasteiger partial charge on any atom is 0.122 e. The molecule has 1 fully saturated rings. The minimum absolute atomic E-state index is 0.280. The summed E-state index contributed by atoms with van der Waals surface area (Å²) in [7, 11) is 3.51. The monoisotopic (exact) mass is 342 g/mol. The van der Waals surface area contributed by atoms with E-state index >= 15 is 0 Å². The van der Waals surface area contributed by atoms with Gasteiger partial charge < -0.3 is 9.47 Å². The van der Waals surface area contributed by atoms with Gasteiger partial charge in [0.15, 0.2) is 0 Å². The van der Waals surface area contributed by atoms with Crippen molar-refractivity contribution in [1.29, 1.82) is 0 Å². The van der Waals surface area contributed by atoms with Crippen molar-refractivity contribution in [2.45, 2.75) is 59.8 Å². The lowest BCUT2D eigenvalue weighted by atomic mass is 9.47. The molecule has 138 valence electrons. The van der Waals surface area contributed by atoms with E-state index < -0.39 is 0 Å². The summed E-state index contributed by atoms with van der Waals surface area (Å²) >= 11 is 0. The van der Waals surface area contributed by atoms with Gasteiger partial charge in [0.2, 0.25) is 0 Å². The quantitative estimate of drug-likeness (QED) is 0.621. The van der Waals surface area contributed by atoms with Gasteiger partial charge in [-0.15, -0.1) is 0 Å². The number of methoxy groups -OCH3 is 2. The van der Waals surface area contributed by atoms with Crippen molar-refractivity contribution < 1.29 is 9.47 Å². The van der Waals surface area contributed by atoms with E-state index in [2.05, 4.69) is 45.9 Å². The Labute approximate surface area is 153 Å². The molecule has 2 heteroatoms. The number of fused-ring (bicyclic) bond motifs is 1. The van der Waals surface area contributed by atoms with Crippen LogP contribution < -0.4 is 9.47 Å². The molecule has 0 aromatic heterocycles. The normalized spacial score (nSPS) is 34.9. The molecular formula is C23H34O2. The molecule has 0 saturated heterocycles. The lowest BCUT2D eigenvalue weighted by Crippen LogP contribution is -2.50. The van der Waals surface area contributed by atoms with Crippen LogP contribution in [0.3, 0.4) is 0 Å². The van der Waals surface area contributed by atoms with Crippen LogP contribution >= 0.6 is 0 Å². The fraction of sp³-hybridized carbons (Fsp3) is 0.652. The highest BCUT2D eigenvalue weighted by molar-refractivity contribution is 5.41. The van der Waals surface area contributed by atoms with E-state index in [0.717, 1.165) is 23.8 Å². The molecular weight excluding hydrogens is 308 g/mol. The van der Waals surface area contributed by atoms with Crippen LogP contribution in [0.1, 0.15) is 58.9 Å². The summed E-state index contributed by atoms with van der Waals surface area (Å²) in [5.41, 5.74) is 3.53.